The number of benzene rings is 1. The van der Waals surface area contributed by atoms with Gasteiger partial charge in [0.2, 0.25) is 6.79 Å². The molecule has 2 aromatic rings. The Bertz CT molecular complexity index is 553. The standard InChI is InChI=1S/C10H8ClN3O2/c11-5-1-6(7-3-9(12)14-13-7)10-8(2-5)15-4-16-10/h1-3H,4H2,(H3,12,13,14). The van der Waals surface area contributed by atoms with Crippen LogP contribution < -0.4 is 15.2 Å². The molecule has 0 fully saturated rings. The van der Waals surface area contributed by atoms with Crippen LogP contribution in [0.1, 0.15) is 0 Å². The number of aromatic amines is 1. The number of hydrogen-bond donors (Lipinski definition) is 2. The molecule has 0 bridgehead atoms. The van der Waals surface area contributed by atoms with Gasteiger partial charge in [-0.05, 0) is 6.07 Å². The van der Waals surface area contributed by atoms with E-state index >= 15 is 0 Å². The smallest absolute Gasteiger partial charge is 0.231 e. The quantitative estimate of drug-likeness (QED) is 0.796. The molecule has 0 saturated carbocycles. The summed E-state index contributed by atoms with van der Waals surface area (Å²) < 4.78 is 10.7. The number of hydrogen-bond acceptors (Lipinski definition) is 4. The number of rotatable bonds is 1. The van der Waals surface area contributed by atoms with E-state index in [1.54, 1.807) is 18.2 Å². The van der Waals surface area contributed by atoms with Crippen LogP contribution in [0.4, 0.5) is 5.82 Å². The fraction of sp³-hybridized carbons (Fsp3) is 0.100. The predicted molar refractivity (Wildman–Crippen MR) is 59.6 cm³/mol. The third-order valence-electron chi connectivity index (χ3n) is 2.33. The highest BCUT2D eigenvalue weighted by Gasteiger charge is 2.20. The van der Waals surface area contributed by atoms with E-state index in [9.17, 15) is 0 Å². The van der Waals surface area contributed by atoms with Crippen molar-refractivity contribution in [2.45, 2.75) is 0 Å². The number of nitrogens with two attached hydrogens (primary N) is 1. The summed E-state index contributed by atoms with van der Waals surface area (Å²) in [5.41, 5.74) is 7.10. The number of fused-ring (bicyclic) bond motifs is 1. The second-order valence-corrected chi connectivity index (χ2v) is 3.83. The van der Waals surface area contributed by atoms with Gasteiger partial charge in [0.1, 0.15) is 5.82 Å². The lowest BCUT2D eigenvalue weighted by Gasteiger charge is -2.03. The molecular weight excluding hydrogens is 230 g/mol. The topological polar surface area (TPSA) is 73.2 Å². The lowest BCUT2D eigenvalue weighted by molar-refractivity contribution is 0.174. The molecule has 3 N–H and O–H groups in total. The van der Waals surface area contributed by atoms with Crippen molar-refractivity contribution in [3.63, 3.8) is 0 Å². The second kappa shape index (κ2) is 3.31. The van der Waals surface area contributed by atoms with E-state index in [2.05, 4.69) is 10.2 Å². The Labute approximate surface area is 96.1 Å². The first-order valence-electron chi connectivity index (χ1n) is 4.64. The zero-order valence-electron chi connectivity index (χ0n) is 8.16. The van der Waals surface area contributed by atoms with Crippen LogP contribution in [0.3, 0.4) is 0 Å². The van der Waals surface area contributed by atoms with Gasteiger partial charge in [0.25, 0.3) is 0 Å². The molecule has 0 atom stereocenters. The van der Waals surface area contributed by atoms with Crippen molar-refractivity contribution >= 4 is 17.4 Å². The van der Waals surface area contributed by atoms with Gasteiger partial charge in [-0.1, -0.05) is 11.6 Å². The summed E-state index contributed by atoms with van der Waals surface area (Å²) >= 11 is 5.98. The number of ether oxygens (including phenoxy) is 2. The Hall–Kier alpha value is -1.88. The average molecular weight is 238 g/mol. The Morgan fingerprint density at radius 2 is 2.19 bits per heavy atom. The fourth-order valence-electron chi connectivity index (χ4n) is 1.65. The lowest BCUT2D eigenvalue weighted by atomic mass is 10.1. The molecule has 1 aromatic heterocycles. The first-order chi connectivity index (χ1) is 7.74. The molecule has 16 heavy (non-hydrogen) atoms. The van der Waals surface area contributed by atoms with Gasteiger partial charge in [-0.15, -0.1) is 0 Å². The Morgan fingerprint density at radius 3 is 2.94 bits per heavy atom. The molecule has 1 aromatic carbocycles. The van der Waals surface area contributed by atoms with Gasteiger partial charge in [0.15, 0.2) is 11.5 Å². The number of halogens is 1. The average Bonchev–Trinajstić information content (AvgIpc) is 2.84. The Balaban J connectivity index is 2.20. The predicted octanol–water partition coefficient (Wildman–Crippen LogP) is 2.04. The van der Waals surface area contributed by atoms with Crippen LogP contribution in [-0.2, 0) is 0 Å². The molecule has 0 aliphatic carbocycles. The van der Waals surface area contributed by atoms with Crippen LogP contribution in [0, 0.1) is 0 Å². The van der Waals surface area contributed by atoms with Gasteiger partial charge >= 0.3 is 0 Å². The maximum Gasteiger partial charge on any atom is 0.231 e. The summed E-state index contributed by atoms with van der Waals surface area (Å²) in [5.74, 6) is 1.71. The van der Waals surface area contributed by atoms with Crippen molar-refractivity contribution in [3.8, 4) is 22.8 Å². The Morgan fingerprint density at radius 1 is 1.31 bits per heavy atom. The highest BCUT2D eigenvalue weighted by molar-refractivity contribution is 6.31. The van der Waals surface area contributed by atoms with Crippen LogP contribution in [0.25, 0.3) is 11.3 Å². The molecule has 1 aliphatic heterocycles. The van der Waals surface area contributed by atoms with Crippen molar-refractivity contribution in [2.24, 2.45) is 0 Å². The molecule has 82 valence electrons. The van der Waals surface area contributed by atoms with Crippen LogP contribution >= 0.6 is 11.6 Å². The van der Waals surface area contributed by atoms with E-state index in [4.69, 9.17) is 26.8 Å². The van der Waals surface area contributed by atoms with Crippen molar-refractivity contribution < 1.29 is 9.47 Å². The van der Waals surface area contributed by atoms with Crippen LogP contribution in [0.15, 0.2) is 18.2 Å². The monoisotopic (exact) mass is 237 g/mol. The van der Waals surface area contributed by atoms with Crippen LogP contribution in [-0.4, -0.2) is 17.0 Å². The SMILES string of the molecule is Nc1cc(-c2cc(Cl)cc3c2OCO3)[nH]n1. The fourth-order valence-corrected chi connectivity index (χ4v) is 1.86. The number of anilines is 1. The maximum absolute atomic E-state index is 5.98. The summed E-state index contributed by atoms with van der Waals surface area (Å²) in [6.07, 6.45) is 0. The minimum Gasteiger partial charge on any atom is -0.454 e. The van der Waals surface area contributed by atoms with Crippen molar-refractivity contribution in [3.05, 3.63) is 23.2 Å². The normalized spacial score (nSPS) is 13.1. The van der Waals surface area contributed by atoms with E-state index in [1.807, 2.05) is 0 Å². The van der Waals surface area contributed by atoms with Crippen LogP contribution in [0.5, 0.6) is 11.5 Å². The van der Waals surface area contributed by atoms with Gasteiger partial charge < -0.3 is 15.2 Å². The maximum atomic E-state index is 5.98. The van der Waals surface area contributed by atoms with Crippen molar-refractivity contribution in [1.29, 1.82) is 0 Å². The second-order valence-electron chi connectivity index (χ2n) is 3.39. The number of H-pyrrole nitrogens is 1. The molecule has 1 aliphatic rings. The number of aromatic nitrogens is 2. The lowest BCUT2D eigenvalue weighted by Crippen LogP contribution is -1.93. The van der Waals surface area contributed by atoms with E-state index in [0.717, 1.165) is 11.3 Å². The van der Waals surface area contributed by atoms with Gasteiger partial charge in [-0.25, -0.2) is 0 Å². The first kappa shape index (κ1) is 9.35. The van der Waals surface area contributed by atoms with Crippen molar-refractivity contribution in [2.75, 3.05) is 12.5 Å². The van der Waals surface area contributed by atoms with Gasteiger partial charge in [0, 0.05) is 22.7 Å². The molecule has 5 nitrogen and oxygen atoms in total. The minimum absolute atomic E-state index is 0.201. The van der Waals surface area contributed by atoms with E-state index < -0.39 is 0 Å². The molecule has 0 spiro atoms. The van der Waals surface area contributed by atoms with Gasteiger partial charge in [-0.2, -0.15) is 5.10 Å². The molecule has 6 heteroatoms. The summed E-state index contributed by atoms with van der Waals surface area (Å²) in [6, 6.07) is 5.21. The summed E-state index contributed by atoms with van der Waals surface area (Å²) in [4.78, 5) is 0. The highest BCUT2D eigenvalue weighted by Crippen LogP contribution is 2.43. The zero-order valence-corrected chi connectivity index (χ0v) is 8.91. The molecule has 0 unspecified atom stereocenters. The van der Waals surface area contributed by atoms with Gasteiger partial charge in [0.05, 0.1) is 5.69 Å². The van der Waals surface area contributed by atoms with E-state index in [1.165, 1.54) is 0 Å². The van der Waals surface area contributed by atoms with E-state index in [0.29, 0.717) is 22.3 Å². The summed E-state index contributed by atoms with van der Waals surface area (Å²) in [7, 11) is 0. The van der Waals surface area contributed by atoms with Crippen molar-refractivity contribution in [1.82, 2.24) is 10.2 Å². The Kier molecular flexibility index (Phi) is 1.94. The molecule has 0 radical (unpaired) electrons. The zero-order chi connectivity index (χ0) is 11.1. The van der Waals surface area contributed by atoms with Crippen LogP contribution in [0.2, 0.25) is 5.02 Å². The molecule has 0 amide bonds. The van der Waals surface area contributed by atoms with Gasteiger partial charge in [-0.3, -0.25) is 5.10 Å². The number of nitrogen functional groups attached to an aromatic ring is 1. The number of nitrogens with zero attached hydrogens (tertiary/aromatic N) is 1. The molecule has 3 rings (SSSR count). The molecule has 2 heterocycles. The molecule has 0 saturated heterocycles. The molecular formula is C10H8ClN3O2. The third-order valence-corrected chi connectivity index (χ3v) is 2.54. The highest BCUT2D eigenvalue weighted by atomic mass is 35.5. The number of nitrogens with one attached hydrogen (secondary N) is 1. The largest absolute Gasteiger partial charge is 0.454 e. The minimum atomic E-state index is 0.201. The summed E-state index contributed by atoms with van der Waals surface area (Å²) in [6.45, 7) is 0.201. The third kappa shape index (κ3) is 1.37. The summed E-state index contributed by atoms with van der Waals surface area (Å²) in [5, 5.41) is 7.25. The first-order valence-corrected chi connectivity index (χ1v) is 5.02. The van der Waals surface area contributed by atoms with E-state index in [-0.39, 0.29) is 6.79 Å².